The van der Waals surface area contributed by atoms with Crippen LogP contribution >= 0.6 is 0 Å². The zero-order chi connectivity index (χ0) is 6.95. The zero-order valence-corrected chi connectivity index (χ0v) is 5.12. The van der Waals surface area contributed by atoms with Crippen molar-refractivity contribution in [2.45, 2.75) is 12.8 Å². The minimum atomic E-state index is 0.520. The first-order chi connectivity index (χ1) is 4.41. The van der Waals surface area contributed by atoms with Crippen LogP contribution in [0.1, 0.15) is 12.8 Å². The predicted molar refractivity (Wildman–Crippen MR) is 34.7 cm³/mol. The SMILES string of the molecule is [C-]#[N+]CCCCN=[N+]=[N-]. The summed E-state index contributed by atoms with van der Waals surface area (Å²) in [6, 6.07) is 0. The molecule has 0 aliphatic heterocycles. The molecule has 0 saturated heterocycles. The highest BCUT2D eigenvalue weighted by Gasteiger charge is 1.85. The van der Waals surface area contributed by atoms with E-state index in [2.05, 4.69) is 14.9 Å². The molecule has 0 aromatic rings. The first-order valence-electron chi connectivity index (χ1n) is 2.76. The molecule has 4 nitrogen and oxygen atoms in total. The van der Waals surface area contributed by atoms with Crippen LogP contribution in [0, 0.1) is 6.57 Å². The van der Waals surface area contributed by atoms with Gasteiger partial charge in [-0.05, 0) is 12.0 Å². The van der Waals surface area contributed by atoms with Crippen LogP contribution in [0.25, 0.3) is 15.3 Å². The van der Waals surface area contributed by atoms with Gasteiger partial charge in [-0.2, -0.15) is 0 Å². The van der Waals surface area contributed by atoms with Crippen LogP contribution in [0.2, 0.25) is 0 Å². The Morgan fingerprint density at radius 3 is 2.78 bits per heavy atom. The molecule has 0 aliphatic rings. The summed E-state index contributed by atoms with van der Waals surface area (Å²) in [6.45, 7) is 7.47. The summed E-state index contributed by atoms with van der Waals surface area (Å²) in [5, 5.41) is 3.32. The van der Waals surface area contributed by atoms with Gasteiger partial charge in [-0.1, -0.05) is 5.11 Å². The molecule has 0 heterocycles. The van der Waals surface area contributed by atoms with E-state index in [1.165, 1.54) is 0 Å². The highest BCUT2D eigenvalue weighted by atomic mass is 15.1. The molecule has 48 valence electrons. The molecule has 0 aromatic heterocycles. The van der Waals surface area contributed by atoms with Crippen molar-refractivity contribution >= 4 is 0 Å². The predicted octanol–water partition coefficient (Wildman–Crippen LogP) is 2.00. The van der Waals surface area contributed by atoms with Crippen LogP contribution in [-0.4, -0.2) is 13.1 Å². The van der Waals surface area contributed by atoms with Gasteiger partial charge in [0.2, 0.25) is 6.54 Å². The number of nitrogens with zero attached hydrogens (tertiary/aromatic N) is 4. The van der Waals surface area contributed by atoms with Crippen LogP contribution in [0.4, 0.5) is 0 Å². The van der Waals surface area contributed by atoms with E-state index >= 15 is 0 Å². The Bertz CT molecular complexity index is 140. The number of hydrogen-bond donors (Lipinski definition) is 0. The number of unbranched alkanes of at least 4 members (excludes halogenated alkanes) is 1. The summed E-state index contributed by atoms with van der Waals surface area (Å²) in [5.74, 6) is 0. The number of azide groups is 1. The molecule has 9 heavy (non-hydrogen) atoms. The second-order valence-electron chi connectivity index (χ2n) is 1.54. The summed E-state index contributed by atoms with van der Waals surface area (Å²) < 4.78 is 0. The maximum Gasteiger partial charge on any atom is 0.214 e. The third kappa shape index (κ3) is 6.80. The van der Waals surface area contributed by atoms with Crippen LogP contribution in [0.3, 0.4) is 0 Å². The number of hydrogen-bond acceptors (Lipinski definition) is 1. The first-order valence-corrected chi connectivity index (χ1v) is 2.76. The minimum Gasteiger partial charge on any atom is -0.317 e. The van der Waals surface area contributed by atoms with E-state index in [-0.39, 0.29) is 0 Å². The summed E-state index contributed by atoms with van der Waals surface area (Å²) in [7, 11) is 0. The Hall–Kier alpha value is -1.20. The summed E-state index contributed by atoms with van der Waals surface area (Å²) >= 11 is 0. The molecular formula is C5H8N4. The van der Waals surface area contributed by atoms with Crippen LogP contribution in [0.15, 0.2) is 5.11 Å². The molecule has 0 aliphatic carbocycles. The van der Waals surface area contributed by atoms with Gasteiger partial charge in [0.15, 0.2) is 0 Å². The van der Waals surface area contributed by atoms with Crippen LogP contribution < -0.4 is 0 Å². The lowest BCUT2D eigenvalue weighted by Crippen LogP contribution is -1.81. The Morgan fingerprint density at radius 1 is 1.44 bits per heavy atom. The van der Waals surface area contributed by atoms with Crippen molar-refractivity contribution < 1.29 is 0 Å². The van der Waals surface area contributed by atoms with E-state index in [0.717, 1.165) is 12.8 Å². The van der Waals surface area contributed by atoms with E-state index in [0.29, 0.717) is 13.1 Å². The van der Waals surface area contributed by atoms with Gasteiger partial charge in [0, 0.05) is 17.9 Å². The van der Waals surface area contributed by atoms with E-state index in [1.54, 1.807) is 0 Å². The van der Waals surface area contributed by atoms with Gasteiger partial charge >= 0.3 is 0 Å². The van der Waals surface area contributed by atoms with Crippen LogP contribution in [0.5, 0.6) is 0 Å². The van der Waals surface area contributed by atoms with Crippen molar-refractivity contribution in [2.75, 3.05) is 13.1 Å². The molecule has 0 spiro atoms. The fraction of sp³-hybridized carbons (Fsp3) is 0.800. The second kappa shape index (κ2) is 6.80. The van der Waals surface area contributed by atoms with Gasteiger partial charge in [-0.15, -0.1) is 0 Å². The van der Waals surface area contributed by atoms with Crippen molar-refractivity contribution in [1.82, 2.24) is 0 Å². The average Bonchev–Trinajstić information content (AvgIpc) is 1.89. The molecule has 0 amide bonds. The molecule has 0 atom stereocenters. The Balaban J connectivity index is 2.93. The Morgan fingerprint density at radius 2 is 2.22 bits per heavy atom. The Kier molecular flexibility index (Phi) is 5.89. The molecule has 0 rings (SSSR count). The Labute approximate surface area is 53.9 Å². The normalized spacial score (nSPS) is 7.44. The maximum absolute atomic E-state index is 7.82. The van der Waals surface area contributed by atoms with Crippen LogP contribution in [-0.2, 0) is 0 Å². The van der Waals surface area contributed by atoms with Crippen molar-refractivity contribution in [2.24, 2.45) is 5.11 Å². The highest BCUT2D eigenvalue weighted by Crippen LogP contribution is 1.89. The van der Waals surface area contributed by atoms with E-state index in [9.17, 15) is 0 Å². The largest absolute Gasteiger partial charge is 0.317 e. The summed E-state index contributed by atoms with van der Waals surface area (Å²) in [6.07, 6.45) is 1.66. The summed E-state index contributed by atoms with van der Waals surface area (Å²) in [4.78, 5) is 5.73. The zero-order valence-electron chi connectivity index (χ0n) is 5.12. The first kappa shape index (κ1) is 7.80. The third-order valence-electron chi connectivity index (χ3n) is 0.841. The molecule has 0 radical (unpaired) electrons. The maximum atomic E-state index is 7.82. The van der Waals surface area contributed by atoms with Gasteiger partial charge in [-0.25, -0.2) is 6.57 Å². The number of rotatable bonds is 4. The van der Waals surface area contributed by atoms with E-state index in [1.807, 2.05) is 0 Å². The van der Waals surface area contributed by atoms with Crippen molar-refractivity contribution in [3.05, 3.63) is 21.9 Å². The molecule has 0 unspecified atom stereocenters. The fourth-order valence-electron chi connectivity index (χ4n) is 0.418. The van der Waals surface area contributed by atoms with Gasteiger partial charge in [0.25, 0.3) is 0 Å². The van der Waals surface area contributed by atoms with Gasteiger partial charge in [0.1, 0.15) is 0 Å². The van der Waals surface area contributed by atoms with E-state index < -0.39 is 0 Å². The quantitative estimate of drug-likeness (QED) is 0.181. The molecule has 0 aromatic carbocycles. The molecule has 0 N–H and O–H groups in total. The van der Waals surface area contributed by atoms with E-state index in [4.69, 9.17) is 12.1 Å². The monoisotopic (exact) mass is 124 g/mol. The third-order valence-corrected chi connectivity index (χ3v) is 0.841. The molecule has 0 bridgehead atoms. The second-order valence-corrected chi connectivity index (χ2v) is 1.54. The lowest BCUT2D eigenvalue weighted by Gasteiger charge is -1.83. The standard InChI is InChI=1S/C5H8N4/c1-7-4-2-3-5-8-9-6/h2-5H2. The molecular weight excluding hydrogens is 116 g/mol. The lowest BCUT2D eigenvalue weighted by molar-refractivity contribution is 0.786. The minimum absolute atomic E-state index is 0.520. The molecule has 0 fully saturated rings. The van der Waals surface area contributed by atoms with Gasteiger partial charge < -0.3 is 4.85 Å². The molecule has 4 heteroatoms. The topological polar surface area (TPSA) is 53.1 Å². The lowest BCUT2D eigenvalue weighted by atomic mass is 10.3. The molecule has 0 saturated carbocycles. The highest BCUT2D eigenvalue weighted by molar-refractivity contribution is 4.58. The average molecular weight is 124 g/mol. The van der Waals surface area contributed by atoms with Crippen molar-refractivity contribution in [3.63, 3.8) is 0 Å². The fourth-order valence-corrected chi connectivity index (χ4v) is 0.418. The van der Waals surface area contributed by atoms with Gasteiger partial charge in [-0.3, -0.25) is 0 Å². The summed E-state index contributed by atoms with van der Waals surface area (Å²) in [5.41, 5.74) is 7.82. The smallest absolute Gasteiger partial charge is 0.214 e. The van der Waals surface area contributed by atoms with Crippen molar-refractivity contribution in [3.8, 4) is 0 Å². The van der Waals surface area contributed by atoms with Gasteiger partial charge in [0.05, 0.1) is 0 Å². The van der Waals surface area contributed by atoms with Crippen molar-refractivity contribution in [1.29, 1.82) is 0 Å².